The predicted octanol–water partition coefficient (Wildman–Crippen LogP) is 1.38. The molecule has 6 heteroatoms. The Hall–Kier alpha value is -2.24. The number of amides is 1. The number of nitrogen functional groups attached to an aromatic ring is 1. The summed E-state index contributed by atoms with van der Waals surface area (Å²) in [5.74, 6) is -0.397. The fraction of sp³-hybridized carbons (Fsp3) is 0.429. The van der Waals surface area contributed by atoms with Gasteiger partial charge in [0.05, 0.1) is 12.2 Å². The molecule has 0 fully saturated rings. The van der Waals surface area contributed by atoms with Crippen LogP contribution in [0.15, 0.2) is 18.2 Å². The summed E-state index contributed by atoms with van der Waals surface area (Å²) in [7, 11) is 1.57. The quantitative estimate of drug-likeness (QED) is 0.398. The van der Waals surface area contributed by atoms with Crippen LogP contribution in [0.2, 0.25) is 0 Å². The van der Waals surface area contributed by atoms with E-state index in [0.717, 1.165) is 0 Å². The Bertz CT molecular complexity index is 475. The highest BCUT2D eigenvalue weighted by Gasteiger charge is 2.10. The molecule has 0 saturated carbocycles. The molecule has 1 amide bonds. The van der Waals surface area contributed by atoms with E-state index in [0.29, 0.717) is 42.9 Å². The van der Waals surface area contributed by atoms with Gasteiger partial charge in [0.2, 0.25) is 0 Å². The first-order valence-corrected chi connectivity index (χ1v) is 6.59. The standard InChI is InChI=1S/C14H21N3O3/c1-3-20-13(18)5-4-8-17-12-9-10(15)6-7-11(12)14(19)16-2/h6-7,9,17H,3-5,8,15H2,1-2H3,(H,16,19). The van der Waals surface area contributed by atoms with Gasteiger partial charge in [-0.1, -0.05) is 0 Å². The van der Waals surface area contributed by atoms with Crippen molar-refractivity contribution in [3.63, 3.8) is 0 Å². The average molecular weight is 279 g/mol. The van der Waals surface area contributed by atoms with E-state index in [-0.39, 0.29) is 11.9 Å². The average Bonchev–Trinajstić information content (AvgIpc) is 2.43. The minimum Gasteiger partial charge on any atom is -0.466 e. The van der Waals surface area contributed by atoms with Gasteiger partial charge in [-0.3, -0.25) is 9.59 Å². The number of hydrogen-bond donors (Lipinski definition) is 3. The Balaban J connectivity index is 2.56. The van der Waals surface area contributed by atoms with E-state index in [1.165, 1.54) is 0 Å². The van der Waals surface area contributed by atoms with Crippen molar-refractivity contribution in [3.8, 4) is 0 Å². The third-order valence-electron chi connectivity index (χ3n) is 2.69. The van der Waals surface area contributed by atoms with Crippen molar-refractivity contribution < 1.29 is 14.3 Å². The van der Waals surface area contributed by atoms with E-state index in [1.54, 1.807) is 32.2 Å². The van der Waals surface area contributed by atoms with Gasteiger partial charge in [-0.2, -0.15) is 0 Å². The molecule has 0 aliphatic heterocycles. The highest BCUT2D eigenvalue weighted by Crippen LogP contribution is 2.19. The van der Waals surface area contributed by atoms with Crippen molar-refractivity contribution in [2.75, 3.05) is 31.2 Å². The highest BCUT2D eigenvalue weighted by atomic mass is 16.5. The minimum atomic E-state index is -0.214. The Labute approximate surface area is 118 Å². The molecule has 1 rings (SSSR count). The van der Waals surface area contributed by atoms with Crippen LogP contribution in [-0.2, 0) is 9.53 Å². The summed E-state index contributed by atoms with van der Waals surface area (Å²) in [6, 6.07) is 5.05. The van der Waals surface area contributed by atoms with Gasteiger partial charge in [0.15, 0.2) is 0 Å². The number of hydrogen-bond acceptors (Lipinski definition) is 5. The van der Waals surface area contributed by atoms with Gasteiger partial charge < -0.3 is 21.1 Å². The second-order valence-corrected chi connectivity index (χ2v) is 4.22. The summed E-state index contributed by atoms with van der Waals surface area (Å²) in [6.45, 7) is 2.73. The smallest absolute Gasteiger partial charge is 0.305 e. The molecule has 6 nitrogen and oxygen atoms in total. The highest BCUT2D eigenvalue weighted by molar-refractivity contribution is 6.00. The zero-order valence-electron chi connectivity index (χ0n) is 11.9. The zero-order chi connectivity index (χ0) is 15.0. The molecule has 20 heavy (non-hydrogen) atoms. The summed E-state index contributed by atoms with van der Waals surface area (Å²) in [4.78, 5) is 22.9. The molecule has 1 aromatic rings. The molecule has 0 aromatic heterocycles. The zero-order valence-corrected chi connectivity index (χ0v) is 11.9. The monoisotopic (exact) mass is 279 g/mol. The molecule has 1 aromatic carbocycles. The first kappa shape index (κ1) is 15.8. The Kier molecular flexibility index (Phi) is 6.36. The summed E-state index contributed by atoms with van der Waals surface area (Å²) in [5.41, 5.74) is 7.48. The minimum absolute atomic E-state index is 0.183. The van der Waals surface area contributed by atoms with Crippen LogP contribution < -0.4 is 16.4 Å². The van der Waals surface area contributed by atoms with Gasteiger partial charge in [0.1, 0.15) is 0 Å². The van der Waals surface area contributed by atoms with Gasteiger partial charge in [0.25, 0.3) is 5.91 Å². The van der Waals surface area contributed by atoms with Crippen molar-refractivity contribution in [2.45, 2.75) is 19.8 Å². The number of esters is 1. The SMILES string of the molecule is CCOC(=O)CCCNc1cc(N)ccc1C(=O)NC. The molecule has 4 N–H and O–H groups in total. The number of anilines is 2. The topological polar surface area (TPSA) is 93.4 Å². The summed E-state index contributed by atoms with van der Waals surface area (Å²) >= 11 is 0. The van der Waals surface area contributed by atoms with Crippen molar-refractivity contribution in [3.05, 3.63) is 23.8 Å². The van der Waals surface area contributed by atoms with Gasteiger partial charge >= 0.3 is 5.97 Å². The number of ether oxygens (including phenoxy) is 1. The van der Waals surface area contributed by atoms with Crippen LogP contribution in [0.5, 0.6) is 0 Å². The number of carbonyl (C=O) groups excluding carboxylic acids is 2. The Morgan fingerprint density at radius 2 is 2.10 bits per heavy atom. The first-order valence-electron chi connectivity index (χ1n) is 6.59. The lowest BCUT2D eigenvalue weighted by Gasteiger charge is -2.12. The van der Waals surface area contributed by atoms with Crippen molar-refractivity contribution in [2.24, 2.45) is 0 Å². The lowest BCUT2D eigenvalue weighted by atomic mass is 10.1. The van der Waals surface area contributed by atoms with Crippen LogP contribution in [0.3, 0.4) is 0 Å². The molecule has 0 radical (unpaired) electrons. The summed E-state index contributed by atoms with van der Waals surface area (Å²) in [6.07, 6.45) is 0.972. The lowest BCUT2D eigenvalue weighted by molar-refractivity contribution is -0.143. The molecule has 0 saturated heterocycles. The third kappa shape index (κ3) is 4.79. The van der Waals surface area contributed by atoms with Crippen molar-refractivity contribution in [1.82, 2.24) is 5.32 Å². The molecule has 0 spiro atoms. The van der Waals surface area contributed by atoms with Gasteiger partial charge in [0, 0.05) is 31.4 Å². The lowest BCUT2D eigenvalue weighted by Crippen LogP contribution is -2.20. The van der Waals surface area contributed by atoms with Crippen LogP contribution in [0, 0.1) is 0 Å². The number of carbonyl (C=O) groups is 2. The van der Waals surface area contributed by atoms with Crippen molar-refractivity contribution >= 4 is 23.3 Å². The van der Waals surface area contributed by atoms with Crippen LogP contribution in [0.25, 0.3) is 0 Å². The molecule has 0 aliphatic carbocycles. The van der Waals surface area contributed by atoms with E-state index in [4.69, 9.17) is 10.5 Å². The fourth-order valence-corrected chi connectivity index (χ4v) is 1.73. The molecule has 0 atom stereocenters. The van der Waals surface area contributed by atoms with E-state index in [9.17, 15) is 9.59 Å². The predicted molar refractivity (Wildman–Crippen MR) is 78.6 cm³/mol. The molecule has 110 valence electrons. The fourth-order valence-electron chi connectivity index (χ4n) is 1.73. The molecular formula is C14H21N3O3. The number of rotatable bonds is 7. The van der Waals surface area contributed by atoms with Crippen LogP contribution in [-0.4, -0.2) is 32.1 Å². The molecule has 0 bridgehead atoms. The second kappa shape index (κ2) is 8.04. The normalized spacial score (nSPS) is 9.90. The van der Waals surface area contributed by atoms with Crippen LogP contribution >= 0.6 is 0 Å². The van der Waals surface area contributed by atoms with E-state index in [1.807, 2.05) is 0 Å². The maximum atomic E-state index is 11.7. The molecule has 0 aliphatic rings. The molecule has 0 unspecified atom stereocenters. The maximum absolute atomic E-state index is 11.7. The molecular weight excluding hydrogens is 258 g/mol. The van der Waals surface area contributed by atoms with Gasteiger partial charge in [-0.15, -0.1) is 0 Å². The third-order valence-corrected chi connectivity index (χ3v) is 2.69. The number of nitrogens with one attached hydrogen (secondary N) is 2. The first-order chi connectivity index (χ1) is 9.58. The van der Waals surface area contributed by atoms with E-state index >= 15 is 0 Å². The second-order valence-electron chi connectivity index (χ2n) is 4.22. The van der Waals surface area contributed by atoms with Crippen LogP contribution in [0.1, 0.15) is 30.1 Å². The Morgan fingerprint density at radius 3 is 2.75 bits per heavy atom. The summed E-state index contributed by atoms with van der Waals surface area (Å²) < 4.78 is 4.84. The van der Waals surface area contributed by atoms with Crippen LogP contribution in [0.4, 0.5) is 11.4 Å². The van der Waals surface area contributed by atoms with E-state index in [2.05, 4.69) is 10.6 Å². The van der Waals surface area contributed by atoms with Gasteiger partial charge in [-0.05, 0) is 31.5 Å². The van der Waals surface area contributed by atoms with Gasteiger partial charge in [-0.25, -0.2) is 0 Å². The Morgan fingerprint density at radius 1 is 1.35 bits per heavy atom. The largest absolute Gasteiger partial charge is 0.466 e. The van der Waals surface area contributed by atoms with Crippen molar-refractivity contribution in [1.29, 1.82) is 0 Å². The number of benzene rings is 1. The molecule has 0 heterocycles. The van der Waals surface area contributed by atoms with E-state index < -0.39 is 0 Å². The maximum Gasteiger partial charge on any atom is 0.305 e. The summed E-state index contributed by atoms with van der Waals surface area (Å²) in [5, 5.41) is 5.69. The number of nitrogens with two attached hydrogens (primary N) is 1.